The van der Waals surface area contributed by atoms with Crippen molar-refractivity contribution >= 4 is 46.4 Å². The maximum absolute atomic E-state index is 5.59. The normalized spacial score (nSPS) is 11.6. The molecule has 7 aromatic rings. The maximum Gasteiger partial charge on any atom is 2.00 e. The van der Waals surface area contributed by atoms with E-state index in [1.165, 1.54) is 66.8 Å². The molecule has 0 saturated heterocycles. The molecule has 0 aliphatic carbocycles. The minimum atomic E-state index is 0. The van der Waals surface area contributed by atoms with Gasteiger partial charge in [-0.2, -0.15) is 0 Å². The molecule has 5 heterocycles. The molecule has 0 amide bonds. The summed E-state index contributed by atoms with van der Waals surface area (Å²) in [6, 6.07) is 26.9. The summed E-state index contributed by atoms with van der Waals surface area (Å²) in [6.07, 6.45) is 8.72. The molecule has 9 rings (SSSR count). The molecule has 8 bridgehead atoms. The predicted molar refractivity (Wildman–Crippen MR) is 263 cm³/mol. The predicted octanol–water partition coefficient (Wildman–Crippen LogP) is 12.6. The minimum Gasteiger partial charge on any atom is -0.657 e. The van der Waals surface area contributed by atoms with E-state index >= 15 is 0 Å². The van der Waals surface area contributed by atoms with Gasteiger partial charge in [0.05, 0.1) is 22.8 Å². The van der Waals surface area contributed by atoms with E-state index in [0.717, 1.165) is 89.4 Å². The fraction of sp³-hybridized carbons (Fsp3) is 0.214. The van der Waals surface area contributed by atoms with Gasteiger partial charge in [-0.3, -0.25) is 0 Å². The average molecular weight is 918 g/mol. The fourth-order valence-electron chi connectivity index (χ4n) is 10.4. The van der Waals surface area contributed by atoms with Crippen LogP contribution in [0.25, 0.3) is 90.9 Å². The van der Waals surface area contributed by atoms with Crippen molar-refractivity contribution in [1.29, 1.82) is 0 Å². The fourth-order valence-corrected chi connectivity index (χ4v) is 10.4. The molecule has 3 aromatic heterocycles. The SMILES string of the molecule is Cc1cc(C)c(-c2c3nc(c(-c4c(C)cc(C)cc4C)c4ccc([n-]4)c(-c4c(C)cc(C)cc4C)c4nc(c(-c5c(C)cc(C)cc5C)c5ccc2[n-]5)C=C4)C=C3)c(C)c1.O.O.[Ru+2]. The molecule has 0 spiro atoms. The number of aromatic nitrogens is 4. The van der Waals surface area contributed by atoms with Crippen molar-refractivity contribution in [2.24, 2.45) is 0 Å². The second-order valence-corrected chi connectivity index (χ2v) is 17.5. The second kappa shape index (κ2) is 17.7. The molecule has 2 aliphatic heterocycles. The van der Waals surface area contributed by atoms with Crippen LogP contribution in [0.2, 0.25) is 0 Å². The van der Waals surface area contributed by atoms with E-state index < -0.39 is 0 Å². The number of nitrogens with zero attached hydrogens (tertiary/aromatic N) is 4. The summed E-state index contributed by atoms with van der Waals surface area (Å²) in [5.74, 6) is 0. The number of benzene rings is 4. The van der Waals surface area contributed by atoms with Crippen LogP contribution in [0.15, 0.2) is 72.8 Å². The first-order chi connectivity index (χ1) is 28.7. The topological polar surface area (TPSA) is 117 Å². The number of fused-ring (bicyclic) bond motifs is 8. The Morgan fingerprint density at radius 1 is 0.286 bits per heavy atom. The average Bonchev–Trinajstić information content (AvgIpc) is 3.99. The number of aryl methyl sites for hydroxylation is 12. The monoisotopic (exact) mass is 918 g/mol. The number of rotatable bonds is 4. The van der Waals surface area contributed by atoms with Crippen molar-refractivity contribution in [2.45, 2.75) is 83.1 Å². The van der Waals surface area contributed by atoms with Crippen LogP contribution in [0.4, 0.5) is 0 Å². The van der Waals surface area contributed by atoms with Gasteiger partial charge < -0.3 is 20.9 Å². The van der Waals surface area contributed by atoms with Gasteiger partial charge in [-0.05, 0) is 196 Å². The third-order valence-electron chi connectivity index (χ3n) is 12.3. The molecule has 63 heavy (non-hydrogen) atoms. The molecule has 0 saturated carbocycles. The third-order valence-corrected chi connectivity index (χ3v) is 12.3. The molecule has 0 radical (unpaired) electrons. The maximum atomic E-state index is 5.59. The van der Waals surface area contributed by atoms with E-state index in [1.54, 1.807) is 0 Å². The standard InChI is InChI=1S/C56H52N4.2H2O.Ru/c1-29-21-33(5)49(34(6)22-29)53-41-13-15-43(57-41)54(50-35(7)23-30(2)24-36(50)8)45-17-19-47(59-45)56(52-39(11)27-32(4)28-40(52)12)48-20-18-46(60-48)55(44-16-14-42(53)58-44)51-37(9)25-31(3)26-38(51)10;;;/h13-28H,1-12H3;2*1H2;/q-2;;;+2. The molecule has 4 N–H and O–H groups in total. The zero-order valence-corrected chi connectivity index (χ0v) is 40.1. The van der Waals surface area contributed by atoms with E-state index in [2.05, 4.69) is 180 Å². The van der Waals surface area contributed by atoms with Crippen molar-refractivity contribution in [1.82, 2.24) is 19.9 Å². The molecule has 2 aliphatic rings. The van der Waals surface area contributed by atoms with Gasteiger partial charge in [0, 0.05) is 0 Å². The number of hydrogen-bond donors (Lipinski definition) is 0. The molecule has 0 atom stereocenters. The van der Waals surface area contributed by atoms with Gasteiger partial charge in [-0.15, -0.1) is 22.1 Å². The first-order valence-electron chi connectivity index (χ1n) is 21.1. The molecule has 320 valence electrons. The Bertz CT molecular complexity index is 2720. The molecule has 7 heteroatoms. The van der Waals surface area contributed by atoms with Gasteiger partial charge in [0.2, 0.25) is 0 Å². The van der Waals surface area contributed by atoms with Crippen molar-refractivity contribution in [3.05, 3.63) is 162 Å². The summed E-state index contributed by atoms with van der Waals surface area (Å²) in [4.78, 5) is 22.4. The largest absolute Gasteiger partial charge is 2.00 e. The van der Waals surface area contributed by atoms with E-state index in [9.17, 15) is 0 Å². The molecule has 6 nitrogen and oxygen atoms in total. The van der Waals surface area contributed by atoms with Crippen LogP contribution in [-0.4, -0.2) is 20.9 Å². The van der Waals surface area contributed by atoms with Crippen LogP contribution < -0.4 is 9.97 Å². The molecule has 0 unspecified atom stereocenters. The Hall–Kier alpha value is -5.98. The Labute approximate surface area is 384 Å². The van der Waals surface area contributed by atoms with Crippen LogP contribution in [0, 0.1) is 83.1 Å². The minimum absolute atomic E-state index is 0. The van der Waals surface area contributed by atoms with Crippen molar-refractivity contribution in [3.63, 3.8) is 0 Å². The first-order valence-corrected chi connectivity index (χ1v) is 21.1. The van der Waals surface area contributed by atoms with Crippen molar-refractivity contribution < 1.29 is 30.4 Å². The molecule has 4 aromatic carbocycles. The van der Waals surface area contributed by atoms with Gasteiger partial charge in [-0.25, -0.2) is 9.97 Å². The summed E-state index contributed by atoms with van der Waals surface area (Å²) in [7, 11) is 0. The van der Waals surface area contributed by atoms with Crippen LogP contribution >= 0.6 is 0 Å². The van der Waals surface area contributed by atoms with Gasteiger partial charge >= 0.3 is 19.5 Å². The zero-order valence-electron chi connectivity index (χ0n) is 38.4. The van der Waals surface area contributed by atoms with Gasteiger partial charge in [-0.1, -0.05) is 95.1 Å². The van der Waals surface area contributed by atoms with Crippen molar-refractivity contribution in [3.8, 4) is 44.5 Å². The molecular formula is C56H56N4O2Ru. The Morgan fingerprint density at radius 2 is 0.460 bits per heavy atom. The van der Waals surface area contributed by atoms with Crippen LogP contribution in [-0.2, 0) is 19.5 Å². The second-order valence-electron chi connectivity index (χ2n) is 17.5. The summed E-state index contributed by atoms with van der Waals surface area (Å²) in [5.41, 5.74) is 30.4. The Balaban J connectivity index is 0.00000220. The smallest absolute Gasteiger partial charge is 0.657 e. The van der Waals surface area contributed by atoms with Gasteiger partial charge in [0.1, 0.15) is 0 Å². The summed E-state index contributed by atoms with van der Waals surface area (Å²) >= 11 is 0. The van der Waals surface area contributed by atoms with Gasteiger partial charge in [0.15, 0.2) is 0 Å². The molecule has 0 fully saturated rings. The van der Waals surface area contributed by atoms with E-state index in [-0.39, 0.29) is 30.4 Å². The van der Waals surface area contributed by atoms with E-state index in [1.807, 2.05) is 0 Å². The number of hydrogen-bond acceptors (Lipinski definition) is 2. The Kier molecular flexibility index (Phi) is 13.0. The summed E-state index contributed by atoms with van der Waals surface area (Å²) in [5, 5.41) is 0. The summed E-state index contributed by atoms with van der Waals surface area (Å²) < 4.78 is 0. The van der Waals surface area contributed by atoms with Crippen LogP contribution in [0.5, 0.6) is 0 Å². The zero-order chi connectivity index (χ0) is 42.3. The van der Waals surface area contributed by atoms with Crippen LogP contribution in [0.3, 0.4) is 0 Å². The van der Waals surface area contributed by atoms with Gasteiger partial charge in [0.25, 0.3) is 0 Å². The summed E-state index contributed by atoms with van der Waals surface area (Å²) in [6.45, 7) is 26.3. The van der Waals surface area contributed by atoms with E-state index in [0.29, 0.717) is 0 Å². The third kappa shape index (κ3) is 8.11. The van der Waals surface area contributed by atoms with Crippen molar-refractivity contribution in [2.75, 3.05) is 0 Å². The first kappa shape index (κ1) is 46.5. The Morgan fingerprint density at radius 3 is 0.635 bits per heavy atom. The molecular weight excluding hydrogens is 862 g/mol. The quantitative estimate of drug-likeness (QED) is 0.163. The van der Waals surface area contributed by atoms with E-state index in [4.69, 9.17) is 19.9 Å². The van der Waals surface area contributed by atoms with Crippen LogP contribution in [0.1, 0.15) is 89.5 Å².